The molecule has 1 aliphatic rings. The van der Waals surface area contributed by atoms with E-state index < -0.39 is 5.91 Å². The van der Waals surface area contributed by atoms with Gasteiger partial charge in [-0.2, -0.15) is 5.10 Å². The van der Waals surface area contributed by atoms with Crippen LogP contribution in [0.2, 0.25) is 0 Å². The molecule has 2 N–H and O–H groups in total. The number of aromatic hydroxyl groups is 1. The minimum absolute atomic E-state index is 0.0696. The largest absolute Gasteiger partial charge is 0.507 e. The zero-order valence-corrected chi connectivity index (χ0v) is 19.0. The average Bonchev–Trinajstić information content (AvgIpc) is 3.12. The highest BCUT2D eigenvalue weighted by Crippen LogP contribution is 2.30. The number of nitrogens with one attached hydrogen (secondary N) is 1. The van der Waals surface area contributed by atoms with Crippen LogP contribution in [0.1, 0.15) is 16.7 Å². The highest BCUT2D eigenvalue weighted by molar-refractivity contribution is 6.54. The summed E-state index contributed by atoms with van der Waals surface area (Å²) in [5, 5.41) is 23.2. The molecule has 4 aromatic carbocycles. The van der Waals surface area contributed by atoms with Crippen molar-refractivity contribution in [3.63, 3.8) is 0 Å². The van der Waals surface area contributed by atoms with E-state index in [4.69, 9.17) is 0 Å². The quantitative estimate of drug-likeness (QED) is 0.334. The van der Waals surface area contributed by atoms with Gasteiger partial charge in [-0.15, -0.1) is 5.10 Å². The van der Waals surface area contributed by atoms with Gasteiger partial charge >= 0.3 is 0 Å². The van der Waals surface area contributed by atoms with Gasteiger partial charge < -0.3 is 10.4 Å². The molecule has 0 aliphatic carbocycles. The third-order valence-corrected chi connectivity index (χ3v) is 5.83. The molecule has 0 aromatic heterocycles. The molecule has 7 heteroatoms. The molecule has 5 rings (SSSR count). The Hall–Kier alpha value is -4.78. The van der Waals surface area contributed by atoms with E-state index in [1.54, 1.807) is 30.3 Å². The lowest BCUT2D eigenvalue weighted by Gasteiger charge is -2.16. The number of amides is 2. The first kappa shape index (κ1) is 22.0. The van der Waals surface area contributed by atoms with E-state index in [9.17, 15) is 14.7 Å². The zero-order chi connectivity index (χ0) is 24.4. The SMILES string of the molecule is Cc1ccc(NC(=O)CN2C(=O)C(=N/N=C/c3c(O)ccc4ccccc34)c3ccccc32)cc1. The standard InChI is InChI=1S/C28H22N4O3/c1-18-10-13-20(14-11-18)30-26(34)17-32-24-9-5-4-8-22(24)27(28(32)35)31-29-16-23-21-7-3-2-6-19(21)12-15-25(23)33/h2-16,33H,17H2,1H3,(H,30,34)/b29-16+,31-27?. The van der Waals surface area contributed by atoms with Crippen molar-refractivity contribution in [2.75, 3.05) is 16.8 Å². The molecule has 0 spiro atoms. The molecular weight excluding hydrogens is 440 g/mol. The second-order valence-electron chi connectivity index (χ2n) is 8.24. The van der Waals surface area contributed by atoms with Crippen LogP contribution in [0.5, 0.6) is 5.75 Å². The van der Waals surface area contributed by atoms with Gasteiger partial charge in [0.05, 0.1) is 11.9 Å². The van der Waals surface area contributed by atoms with Crippen LogP contribution in [0.3, 0.4) is 0 Å². The summed E-state index contributed by atoms with van der Waals surface area (Å²) in [6.07, 6.45) is 1.44. The average molecular weight is 463 g/mol. The van der Waals surface area contributed by atoms with Crippen molar-refractivity contribution in [3.05, 3.63) is 102 Å². The number of hydrogen-bond donors (Lipinski definition) is 2. The zero-order valence-electron chi connectivity index (χ0n) is 19.0. The van der Waals surface area contributed by atoms with Crippen molar-refractivity contribution in [1.82, 2.24) is 0 Å². The smallest absolute Gasteiger partial charge is 0.279 e. The van der Waals surface area contributed by atoms with Gasteiger partial charge in [-0.05, 0) is 42.0 Å². The van der Waals surface area contributed by atoms with Crippen molar-refractivity contribution in [3.8, 4) is 5.75 Å². The van der Waals surface area contributed by atoms with Crippen molar-refractivity contribution in [2.45, 2.75) is 6.92 Å². The van der Waals surface area contributed by atoms with Crippen molar-refractivity contribution in [1.29, 1.82) is 0 Å². The van der Waals surface area contributed by atoms with Gasteiger partial charge in [-0.25, -0.2) is 0 Å². The Balaban J connectivity index is 1.41. The van der Waals surface area contributed by atoms with E-state index in [1.165, 1.54) is 11.1 Å². The van der Waals surface area contributed by atoms with Crippen LogP contribution in [-0.4, -0.2) is 35.4 Å². The molecule has 0 saturated carbocycles. The topological polar surface area (TPSA) is 94.4 Å². The number of nitrogens with zero attached hydrogens (tertiary/aromatic N) is 3. The summed E-state index contributed by atoms with van der Waals surface area (Å²) >= 11 is 0. The molecule has 0 saturated heterocycles. The van der Waals surface area contributed by atoms with Gasteiger partial charge in [0.15, 0.2) is 5.71 Å². The molecule has 7 nitrogen and oxygen atoms in total. The summed E-state index contributed by atoms with van der Waals surface area (Å²) in [4.78, 5) is 27.3. The number of benzene rings is 4. The Morgan fingerprint density at radius 2 is 1.71 bits per heavy atom. The molecule has 4 aromatic rings. The fraction of sp³-hybridized carbons (Fsp3) is 0.0714. The maximum atomic E-state index is 13.2. The lowest BCUT2D eigenvalue weighted by atomic mass is 10.0. The molecule has 0 atom stereocenters. The Bertz CT molecular complexity index is 1510. The first-order chi connectivity index (χ1) is 17.0. The highest BCUT2D eigenvalue weighted by atomic mass is 16.3. The van der Waals surface area contributed by atoms with Crippen molar-refractivity contribution < 1.29 is 14.7 Å². The van der Waals surface area contributed by atoms with Crippen LogP contribution in [0, 0.1) is 6.92 Å². The lowest BCUT2D eigenvalue weighted by Crippen LogP contribution is -2.37. The molecule has 172 valence electrons. The Kier molecular flexibility index (Phi) is 5.81. The number of phenolic OH excluding ortho intramolecular Hbond substituents is 1. The Morgan fingerprint density at radius 3 is 2.54 bits per heavy atom. The summed E-state index contributed by atoms with van der Waals surface area (Å²) in [5.74, 6) is -0.660. The van der Waals surface area contributed by atoms with E-state index in [1.807, 2.05) is 61.5 Å². The van der Waals surface area contributed by atoms with Crippen LogP contribution in [0.25, 0.3) is 10.8 Å². The van der Waals surface area contributed by atoms with Crippen LogP contribution in [-0.2, 0) is 9.59 Å². The number of carbonyl (C=O) groups excluding carboxylic acids is 2. The van der Waals surface area contributed by atoms with E-state index in [-0.39, 0.29) is 23.9 Å². The predicted octanol–water partition coefficient (Wildman–Crippen LogP) is 4.66. The Morgan fingerprint density at radius 1 is 0.971 bits per heavy atom. The van der Waals surface area contributed by atoms with Crippen LogP contribution >= 0.6 is 0 Å². The normalized spacial score (nSPS) is 14.1. The van der Waals surface area contributed by atoms with E-state index in [0.29, 0.717) is 22.5 Å². The first-order valence-corrected chi connectivity index (χ1v) is 11.1. The molecule has 2 amide bonds. The van der Waals surface area contributed by atoms with Crippen molar-refractivity contribution in [2.24, 2.45) is 10.2 Å². The van der Waals surface area contributed by atoms with Crippen LogP contribution < -0.4 is 10.2 Å². The maximum Gasteiger partial charge on any atom is 0.279 e. The second-order valence-corrected chi connectivity index (χ2v) is 8.24. The van der Waals surface area contributed by atoms with Gasteiger partial charge in [0, 0.05) is 16.8 Å². The third kappa shape index (κ3) is 4.39. The molecule has 0 radical (unpaired) electrons. The van der Waals surface area contributed by atoms with Gasteiger partial charge in [0.1, 0.15) is 12.3 Å². The molecule has 1 heterocycles. The maximum absolute atomic E-state index is 13.2. The van der Waals surface area contributed by atoms with E-state index in [2.05, 4.69) is 15.5 Å². The first-order valence-electron chi connectivity index (χ1n) is 11.1. The number of anilines is 2. The minimum atomic E-state index is -0.412. The summed E-state index contributed by atoms with van der Waals surface area (Å²) in [6, 6.07) is 25.6. The number of para-hydroxylation sites is 1. The number of hydrogen-bond acceptors (Lipinski definition) is 5. The predicted molar refractivity (Wildman–Crippen MR) is 138 cm³/mol. The van der Waals surface area contributed by atoms with Gasteiger partial charge in [0.25, 0.3) is 5.91 Å². The molecule has 0 unspecified atom stereocenters. The molecular formula is C28H22N4O3. The molecule has 1 aliphatic heterocycles. The number of fused-ring (bicyclic) bond motifs is 2. The summed E-state index contributed by atoms with van der Waals surface area (Å²) in [5.41, 5.74) is 3.59. The fourth-order valence-corrected chi connectivity index (χ4v) is 4.06. The fourth-order valence-electron chi connectivity index (χ4n) is 4.06. The number of phenols is 1. The van der Waals surface area contributed by atoms with Crippen LogP contribution in [0.4, 0.5) is 11.4 Å². The summed E-state index contributed by atoms with van der Waals surface area (Å²) < 4.78 is 0. The molecule has 35 heavy (non-hydrogen) atoms. The Labute approximate surface area is 202 Å². The molecule has 0 fully saturated rings. The van der Waals surface area contributed by atoms with Gasteiger partial charge in [0.2, 0.25) is 5.91 Å². The summed E-state index contributed by atoms with van der Waals surface area (Å²) in [7, 11) is 0. The third-order valence-electron chi connectivity index (χ3n) is 5.83. The monoisotopic (exact) mass is 462 g/mol. The van der Waals surface area contributed by atoms with Gasteiger partial charge in [-0.3, -0.25) is 14.5 Å². The number of aryl methyl sites for hydroxylation is 1. The second kappa shape index (κ2) is 9.23. The van der Waals surface area contributed by atoms with E-state index in [0.717, 1.165) is 16.3 Å². The summed E-state index contributed by atoms with van der Waals surface area (Å²) in [6.45, 7) is 1.81. The van der Waals surface area contributed by atoms with Crippen molar-refractivity contribution >= 4 is 45.9 Å². The van der Waals surface area contributed by atoms with Gasteiger partial charge in [-0.1, -0.05) is 66.2 Å². The number of carbonyl (C=O) groups is 2. The van der Waals surface area contributed by atoms with Crippen LogP contribution in [0.15, 0.2) is 95.1 Å². The lowest BCUT2D eigenvalue weighted by molar-refractivity contribution is -0.118. The van der Waals surface area contributed by atoms with E-state index >= 15 is 0 Å². The highest BCUT2D eigenvalue weighted by Gasteiger charge is 2.35. The number of rotatable bonds is 5. The molecule has 0 bridgehead atoms. The minimum Gasteiger partial charge on any atom is -0.507 e.